The van der Waals surface area contributed by atoms with Crippen molar-refractivity contribution >= 4 is 8.32 Å². The molecule has 1 aliphatic carbocycles. The molecular formula is C23H26N4O2Si. The van der Waals surface area contributed by atoms with E-state index in [0.29, 0.717) is 11.5 Å². The van der Waals surface area contributed by atoms with Crippen molar-refractivity contribution in [2.75, 3.05) is 0 Å². The zero-order valence-electron chi connectivity index (χ0n) is 18.2. The van der Waals surface area contributed by atoms with Crippen molar-refractivity contribution in [2.24, 2.45) is 16.7 Å². The Morgan fingerprint density at radius 1 is 0.900 bits per heavy atom. The average molecular weight is 419 g/mol. The summed E-state index contributed by atoms with van der Waals surface area (Å²) < 4.78 is 12.6. The molecule has 2 atom stereocenters. The Bertz CT molecular complexity index is 969. The Labute approximate surface area is 179 Å². The van der Waals surface area contributed by atoms with Crippen LogP contribution in [0.15, 0.2) is 42.2 Å². The van der Waals surface area contributed by atoms with Gasteiger partial charge in [0.1, 0.15) is 11.5 Å². The lowest BCUT2D eigenvalue weighted by molar-refractivity contribution is 0.0370. The highest BCUT2D eigenvalue weighted by atomic mass is 28.4. The fraction of sp³-hybridized carbons (Fsp3) is 0.478. The Balaban J connectivity index is 2.76. The van der Waals surface area contributed by atoms with Gasteiger partial charge in [-0.25, -0.2) is 0 Å². The summed E-state index contributed by atoms with van der Waals surface area (Å²) in [7, 11) is -2.37. The van der Waals surface area contributed by atoms with Gasteiger partial charge in [0.15, 0.2) is 11.5 Å². The molecule has 0 unspecified atom stereocenters. The van der Waals surface area contributed by atoms with Gasteiger partial charge in [0.2, 0.25) is 13.7 Å². The maximum absolute atomic E-state index is 10.2. The van der Waals surface area contributed by atoms with E-state index >= 15 is 0 Å². The summed E-state index contributed by atoms with van der Waals surface area (Å²) in [6.45, 7) is 12.0. The van der Waals surface area contributed by atoms with Gasteiger partial charge in [0.25, 0.3) is 0 Å². The van der Waals surface area contributed by atoms with Crippen LogP contribution in [0.2, 0.25) is 18.1 Å². The third-order valence-electron chi connectivity index (χ3n) is 6.25. The van der Waals surface area contributed by atoms with Crippen molar-refractivity contribution in [3.63, 3.8) is 0 Å². The highest BCUT2D eigenvalue weighted by molar-refractivity contribution is 6.74. The molecule has 0 radical (unpaired) electrons. The van der Waals surface area contributed by atoms with E-state index in [1.54, 1.807) is 37.3 Å². The maximum Gasteiger partial charge on any atom is 0.250 e. The first kappa shape index (κ1) is 23.0. The van der Waals surface area contributed by atoms with E-state index < -0.39 is 31.2 Å². The van der Waals surface area contributed by atoms with E-state index in [1.807, 2.05) is 30.3 Å². The van der Waals surface area contributed by atoms with Crippen LogP contribution in [0, 0.1) is 62.1 Å². The Kier molecular flexibility index (Phi) is 6.04. The molecule has 1 aromatic rings. The van der Waals surface area contributed by atoms with Crippen LogP contribution >= 0.6 is 0 Å². The van der Waals surface area contributed by atoms with Gasteiger partial charge in [-0.1, -0.05) is 45.9 Å². The first-order valence-electron chi connectivity index (χ1n) is 9.72. The minimum atomic E-state index is -2.37. The molecule has 30 heavy (non-hydrogen) atoms. The quantitative estimate of drug-likeness (QED) is 0.632. The Hall–Kier alpha value is -3.26. The largest absolute Gasteiger partial charge is 0.544 e. The van der Waals surface area contributed by atoms with Gasteiger partial charge in [-0.15, -0.1) is 0 Å². The maximum atomic E-state index is 10.2. The van der Waals surface area contributed by atoms with Crippen molar-refractivity contribution < 1.29 is 9.16 Å². The summed E-state index contributed by atoms with van der Waals surface area (Å²) in [5.74, 6) is 0.0470. The predicted octanol–water partition coefficient (Wildman–Crippen LogP) is 5.06. The van der Waals surface area contributed by atoms with E-state index in [2.05, 4.69) is 33.9 Å². The lowest BCUT2D eigenvalue weighted by Crippen LogP contribution is -2.57. The first-order valence-corrected chi connectivity index (χ1v) is 12.6. The zero-order valence-corrected chi connectivity index (χ0v) is 19.2. The second-order valence-corrected chi connectivity index (χ2v) is 13.8. The molecule has 0 N–H and O–H groups in total. The van der Waals surface area contributed by atoms with Crippen molar-refractivity contribution in [1.82, 2.24) is 0 Å². The average Bonchev–Trinajstić information content (AvgIpc) is 2.69. The van der Waals surface area contributed by atoms with Crippen LogP contribution in [0.25, 0.3) is 0 Å². The van der Waals surface area contributed by atoms with Gasteiger partial charge < -0.3 is 9.16 Å². The summed E-state index contributed by atoms with van der Waals surface area (Å²) in [6, 6.07) is 16.6. The SMILES string of the molecule is C[C@@H]1C=C(O[Si](C)(C)C(C)(C)C)[C@H](Oc2ccccc2)C(C#N)(C#N)C1(C#N)C#N. The molecule has 0 saturated carbocycles. The summed E-state index contributed by atoms with van der Waals surface area (Å²) >= 11 is 0. The molecule has 2 rings (SSSR count). The number of allylic oxidation sites excluding steroid dienone is 1. The normalized spacial score (nSPS) is 22.3. The molecular weight excluding hydrogens is 392 g/mol. The molecule has 6 nitrogen and oxygen atoms in total. The lowest BCUT2D eigenvalue weighted by Gasteiger charge is -2.47. The van der Waals surface area contributed by atoms with Crippen molar-refractivity contribution in [3.05, 3.63) is 42.2 Å². The second-order valence-electron chi connectivity index (χ2n) is 9.09. The molecule has 1 aromatic carbocycles. The molecule has 7 heteroatoms. The minimum absolute atomic E-state index is 0.144. The fourth-order valence-corrected chi connectivity index (χ4v) is 4.35. The van der Waals surface area contributed by atoms with Gasteiger partial charge in [0.05, 0.1) is 24.3 Å². The lowest BCUT2D eigenvalue weighted by atomic mass is 9.54. The van der Waals surface area contributed by atoms with Crippen LogP contribution in [0.1, 0.15) is 27.7 Å². The molecule has 0 aliphatic heterocycles. The number of ether oxygens (including phenoxy) is 1. The van der Waals surface area contributed by atoms with Crippen molar-refractivity contribution in [1.29, 1.82) is 21.0 Å². The monoisotopic (exact) mass is 418 g/mol. The highest BCUT2D eigenvalue weighted by Crippen LogP contribution is 2.54. The number of benzene rings is 1. The third-order valence-corrected chi connectivity index (χ3v) is 10.6. The van der Waals surface area contributed by atoms with Crippen LogP contribution in [0.4, 0.5) is 0 Å². The van der Waals surface area contributed by atoms with Crippen molar-refractivity contribution in [2.45, 2.75) is 51.9 Å². The minimum Gasteiger partial charge on any atom is -0.544 e. The number of nitrogens with zero attached hydrogens (tertiary/aromatic N) is 4. The molecule has 1 aliphatic rings. The number of nitriles is 4. The van der Waals surface area contributed by atoms with Crippen LogP contribution in [-0.2, 0) is 4.43 Å². The zero-order chi connectivity index (χ0) is 22.8. The summed E-state index contributed by atoms with van der Waals surface area (Å²) in [4.78, 5) is 0. The molecule has 0 fully saturated rings. The Morgan fingerprint density at radius 2 is 1.40 bits per heavy atom. The molecule has 0 saturated heterocycles. The van der Waals surface area contributed by atoms with Crippen LogP contribution < -0.4 is 4.74 Å². The molecule has 0 aromatic heterocycles. The van der Waals surface area contributed by atoms with Crippen molar-refractivity contribution in [3.8, 4) is 30.0 Å². The van der Waals surface area contributed by atoms with Gasteiger partial charge in [-0.2, -0.15) is 21.0 Å². The van der Waals surface area contributed by atoms with Gasteiger partial charge in [-0.05, 0) is 36.3 Å². The number of rotatable bonds is 4. The second kappa shape index (κ2) is 7.87. The molecule has 0 spiro atoms. The standard InChI is InChI=1S/C23H26N4O2Si/c1-17-12-19(29-30(5,6)21(2,3)4)20(28-18-10-8-7-9-11-18)23(15-26,16-27)22(17,13-24)14-25/h7-12,17,20H,1-6H3/t17-,20+/m1/s1. The van der Waals surface area contributed by atoms with E-state index in [4.69, 9.17) is 9.16 Å². The summed E-state index contributed by atoms with van der Waals surface area (Å²) in [6.07, 6.45) is 0.451. The van der Waals surface area contributed by atoms with Gasteiger partial charge in [0, 0.05) is 5.92 Å². The summed E-state index contributed by atoms with van der Waals surface area (Å²) in [5, 5.41) is 40.1. The molecule has 0 amide bonds. The molecule has 154 valence electrons. The third kappa shape index (κ3) is 3.43. The number of para-hydroxylation sites is 1. The van der Waals surface area contributed by atoms with E-state index in [9.17, 15) is 21.0 Å². The van der Waals surface area contributed by atoms with Gasteiger partial charge >= 0.3 is 0 Å². The van der Waals surface area contributed by atoms with E-state index in [0.717, 1.165) is 0 Å². The smallest absolute Gasteiger partial charge is 0.250 e. The number of hydrogen-bond acceptors (Lipinski definition) is 6. The van der Waals surface area contributed by atoms with Crippen LogP contribution in [0.3, 0.4) is 0 Å². The predicted molar refractivity (Wildman–Crippen MR) is 114 cm³/mol. The highest BCUT2D eigenvalue weighted by Gasteiger charge is 2.67. The van der Waals surface area contributed by atoms with Crippen LogP contribution in [0.5, 0.6) is 5.75 Å². The molecule has 0 heterocycles. The Morgan fingerprint density at radius 3 is 1.83 bits per heavy atom. The van der Waals surface area contributed by atoms with Crippen LogP contribution in [-0.4, -0.2) is 14.4 Å². The number of hydrogen-bond donors (Lipinski definition) is 0. The molecule has 0 bridgehead atoms. The first-order chi connectivity index (χ1) is 13.9. The van der Waals surface area contributed by atoms with Gasteiger partial charge in [-0.3, -0.25) is 0 Å². The van der Waals surface area contributed by atoms with E-state index in [1.165, 1.54) is 0 Å². The fourth-order valence-electron chi connectivity index (χ4n) is 3.28. The van der Waals surface area contributed by atoms with E-state index in [-0.39, 0.29) is 5.04 Å². The topological polar surface area (TPSA) is 114 Å². The summed E-state index contributed by atoms with van der Waals surface area (Å²) in [5.41, 5.74) is -3.98.